The lowest BCUT2D eigenvalue weighted by molar-refractivity contribution is -0.560. The minimum Gasteiger partial charge on any atom is -0.222 e. The van der Waals surface area contributed by atoms with Gasteiger partial charge in [0.2, 0.25) is 0 Å². The van der Waals surface area contributed by atoms with Gasteiger partial charge in [0.1, 0.15) is 0 Å². The van der Waals surface area contributed by atoms with Gasteiger partial charge in [-0.15, -0.1) is 4.57 Å². The fourth-order valence-electron chi connectivity index (χ4n) is 0.659. The zero-order chi connectivity index (χ0) is 6.69. The average molecular weight is 122 g/mol. The minimum atomic E-state index is 0.787. The lowest BCUT2D eigenvalue weighted by atomic mass is 10.4. The van der Waals surface area contributed by atoms with Crippen molar-refractivity contribution < 1.29 is 9.36 Å². The Morgan fingerprint density at radius 1 is 1.56 bits per heavy atom. The molecule has 0 saturated heterocycles. The molecular weight excluding hydrogens is 114 g/mol. The molecule has 0 radical (unpaired) electrons. The molecule has 0 amide bonds. The molecule has 9 heavy (non-hydrogen) atoms. The van der Waals surface area contributed by atoms with Gasteiger partial charge in [0.05, 0.1) is 0 Å². The van der Waals surface area contributed by atoms with Gasteiger partial charge in [0, 0.05) is 19.1 Å². The summed E-state index contributed by atoms with van der Waals surface area (Å²) in [7, 11) is 0. The summed E-state index contributed by atoms with van der Waals surface area (Å²) in [5.74, 6) is 0. The number of carbonyl (C=O) groups is 1. The SMILES string of the molecule is Cc1cccc[n+]1C=O. The lowest BCUT2D eigenvalue weighted by Gasteiger charge is -1.85. The molecule has 46 valence electrons. The summed E-state index contributed by atoms with van der Waals surface area (Å²) in [5.41, 5.74) is 0.951. The van der Waals surface area contributed by atoms with Gasteiger partial charge in [-0.25, -0.2) is 4.79 Å². The Balaban J connectivity index is 3.15. The molecule has 0 aliphatic rings. The standard InChI is InChI=1S/C7H8NO/c1-7-4-2-3-5-8(7)6-9/h2-6H,1H3/q+1. The highest BCUT2D eigenvalue weighted by Gasteiger charge is 1.98. The molecule has 0 unspecified atom stereocenters. The van der Waals surface area contributed by atoms with Crippen LogP contribution in [0.2, 0.25) is 0 Å². The molecule has 0 aromatic carbocycles. The summed E-state index contributed by atoms with van der Waals surface area (Å²) in [6.07, 6.45) is 2.51. The third-order valence-corrected chi connectivity index (χ3v) is 1.22. The molecule has 1 aromatic rings. The van der Waals surface area contributed by atoms with E-state index in [-0.39, 0.29) is 0 Å². The minimum absolute atomic E-state index is 0.787. The Morgan fingerprint density at radius 2 is 2.33 bits per heavy atom. The molecule has 0 N–H and O–H groups in total. The van der Waals surface area contributed by atoms with Crippen molar-refractivity contribution in [1.29, 1.82) is 0 Å². The van der Waals surface area contributed by atoms with Crippen LogP contribution < -0.4 is 4.57 Å². The zero-order valence-electron chi connectivity index (χ0n) is 5.24. The van der Waals surface area contributed by atoms with E-state index < -0.39 is 0 Å². The highest BCUT2D eigenvalue weighted by Crippen LogP contribution is 1.83. The fraction of sp³-hybridized carbons (Fsp3) is 0.143. The van der Waals surface area contributed by atoms with Crippen molar-refractivity contribution in [3.8, 4) is 0 Å². The van der Waals surface area contributed by atoms with Gasteiger partial charge in [-0.3, -0.25) is 0 Å². The summed E-state index contributed by atoms with van der Waals surface area (Å²) >= 11 is 0. The quantitative estimate of drug-likeness (QED) is 0.388. The highest BCUT2D eigenvalue weighted by atomic mass is 16.1. The summed E-state index contributed by atoms with van der Waals surface area (Å²) in [6, 6.07) is 5.60. The van der Waals surface area contributed by atoms with Crippen molar-refractivity contribution >= 4 is 6.41 Å². The average Bonchev–Trinajstić information content (AvgIpc) is 1.89. The number of carbonyl (C=O) groups excluding carboxylic acids is 1. The third-order valence-electron chi connectivity index (χ3n) is 1.22. The van der Waals surface area contributed by atoms with E-state index in [1.165, 1.54) is 4.57 Å². The predicted molar refractivity (Wildman–Crippen MR) is 33.5 cm³/mol. The number of rotatable bonds is 1. The van der Waals surface area contributed by atoms with Crippen LogP contribution in [-0.2, 0) is 4.79 Å². The largest absolute Gasteiger partial charge is 0.380 e. The van der Waals surface area contributed by atoms with Gasteiger partial charge < -0.3 is 0 Å². The second-order valence-corrected chi connectivity index (χ2v) is 1.85. The van der Waals surface area contributed by atoms with Crippen LogP contribution in [0.5, 0.6) is 0 Å². The first kappa shape index (κ1) is 5.95. The van der Waals surface area contributed by atoms with Gasteiger partial charge in [0.15, 0.2) is 11.9 Å². The van der Waals surface area contributed by atoms with Gasteiger partial charge in [-0.2, -0.15) is 0 Å². The smallest absolute Gasteiger partial charge is 0.222 e. The van der Waals surface area contributed by atoms with Gasteiger partial charge in [-0.05, 0) is 0 Å². The van der Waals surface area contributed by atoms with E-state index >= 15 is 0 Å². The van der Waals surface area contributed by atoms with Crippen LogP contribution in [0.3, 0.4) is 0 Å². The third kappa shape index (κ3) is 1.13. The van der Waals surface area contributed by atoms with E-state index in [0.717, 1.165) is 12.1 Å². The number of nitrogens with zero attached hydrogens (tertiary/aromatic N) is 1. The second-order valence-electron chi connectivity index (χ2n) is 1.85. The summed E-state index contributed by atoms with van der Waals surface area (Å²) in [5, 5.41) is 0. The summed E-state index contributed by atoms with van der Waals surface area (Å²) in [6.45, 7) is 1.88. The number of aryl methyl sites for hydroxylation is 1. The zero-order valence-corrected chi connectivity index (χ0v) is 5.24. The Kier molecular flexibility index (Phi) is 1.58. The first-order valence-corrected chi connectivity index (χ1v) is 2.76. The molecule has 0 spiro atoms. The van der Waals surface area contributed by atoms with Crippen LogP contribution in [-0.4, -0.2) is 6.41 Å². The van der Waals surface area contributed by atoms with Crippen LogP contribution in [0.15, 0.2) is 24.4 Å². The van der Waals surface area contributed by atoms with Crippen molar-refractivity contribution in [3.05, 3.63) is 30.1 Å². The van der Waals surface area contributed by atoms with Crippen molar-refractivity contribution in [2.24, 2.45) is 0 Å². The van der Waals surface area contributed by atoms with Crippen LogP contribution in [0.25, 0.3) is 0 Å². The summed E-state index contributed by atoms with van der Waals surface area (Å²) in [4.78, 5) is 10.2. The van der Waals surface area contributed by atoms with Gasteiger partial charge in [-0.1, -0.05) is 6.07 Å². The van der Waals surface area contributed by atoms with E-state index in [2.05, 4.69) is 0 Å². The molecule has 0 aliphatic carbocycles. The molecule has 0 fully saturated rings. The predicted octanol–water partition coefficient (Wildman–Crippen LogP) is 0.321. The molecule has 2 nitrogen and oxygen atoms in total. The molecule has 0 aliphatic heterocycles. The number of hydrogen-bond donors (Lipinski definition) is 0. The van der Waals surface area contributed by atoms with E-state index in [1.807, 2.05) is 25.1 Å². The molecule has 1 aromatic heterocycles. The Hall–Kier alpha value is -1.18. The van der Waals surface area contributed by atoms with Gasteiger partial charge >= 0.3 is 6.41 Å². The number of pyridine rings is 1. The number of aromatic nitrogens is 1. The molecule has 0 bridgehead atoms. The molecule has 2 heteroatoms. The van der Waals surface area contributed by atoms with E-state index in [1.54, 1.807) is 6.20 Å². The van der Waals surface area contributed by atoms with E-state index in [0.29, 0.717) is 0 Å². The normalized spacial score (nSPS) is 9.00. The van der Waals surface area contributed by atoms with E-state index in [4.69, 9.17) is 0 Å². The van der Waals surface area contributed by atoms with Crippen LogP contribution in [0, 0.1) is 6.92 Å². The first-order valence-electron chi connectivity index (χ1n) is 2.76. The molecule has 0 saturated carbocycles. The Labute approximate surface area is 53.8 Å². The topological polar surface area (TPSA) is 20.9 Å². The molecular formula is C7H8NO+. The molecule has 1 rings (SSSR count). The lowest BCUT2D eigenvalue weighted by Crippen LogP contribution is -2.35. The van der Waals surface area contributed by atoms with Crippen LogP contribution >= 0.6 is 0 Å². The fourth-order valence-corrected chi connectivity index (χ4v) is 0.659. The maximum Gasteiger partial charge on any atom is 0.380 e. The first-order chi connectivity index (χ1) is 4.34. The highest BCUT2D eigenvalue weighted by molar-refractivity contribution is 5.35. The Bertz CT molecular complexity index is 220. The van der Waals surface area contributed by atoms with Gasteiger partial charge in [0.25, 0.3) is 0 Å². The number of hydrogen-bond acceptors (Lipinski definition) is 1. The van der Waals surface area contributed by atoms with Crippen LogP contribution in [0.4, 0.5) is 0 Å². The molecule has 1 heterocycles. The summed E-state index contributed by atoms with van der Waals surface area (Å²) < 4.78 is 1.53. The van der Waals surface area contributed by atoms with Crippen LogP contribution in [0.1, 0.15) is 5.69 Å². The second kappa shape index (κ2) is 2.40. The Morgan fingerprint density at radius 3 is 2.78 bits per heavy atom. The monoisotopic (exact) mass is 122 g/mol. The molecule has 0 atom stereocenters. The maximum absolute atomic E-state index is 10.2. The van der Waals surface area contributed by atoms with Crippen molar-refractivity contribution in [3.63, 3.8) is 0 Å². The maximum atomic E-state index is 10.2. The van der Waals surface area contributed by atoms with Crippen molar-refractivity contribution in [2.45, 2.75) is 6.92 Å². The van der Waals surface area contributed by atoms with E-state index in [9.17, 15) is 4.79 Å². The van der Waals surface area contributed by atoms with Crippen molar-refractivity contribution in [2.75, 3.05) is 0 Å². The van der Waals surface area contributed by atoms with Crippen molar-refractivity contribution in [1.82, 2.24) is 0 Å².